The molecule has 2 rings (SSSR count). The molecule has 0 bridgehead atoms. The SMILES string of the molecule is CCc1ccc(Cl)c(CC)c1N1CC(CS(N)(=O)=O)CC1=O. The van der Waals surface area contributed by atoms with E-state index in [0.717, 1.165) is 23.2 Å². The smallest absolute Gasteiger partial charge is 0.227 e. The Morgan fingerprint density at radius 1 is 1.32 bits per heavy atom. The summed E-state index contributed by atoms with van der Waals surface area (Å²) < 4.78 is 22.5. The Bertz CT molecular complexity index is 688. The number of carbonyl (C=O) groups is 1. The van der Waals surface area contributed by atoms with Gasteiger partial charge in [0.1, 0.15) is 0 Å². The van der Waals surface area contributed by atoms with Crippen molar-refractivity contribution in [3.63, 3.8) is 0 Å². The number of hydrogen-bond acceptors (Lipinski definition) is 3. The zero-order chi connectivity index (χ0) is 16.5. The van der Waals surface area contributed by atoms with Crippen molar-refractivity contribution in [3.8, 4) is 0 Å². The van der Waals surface area contributed by atoms with E-state index in [0.29, 0.717) is 18.0 Å². The van der Waals surface area contributed by atoms with Gasteiger partial charge in [0.05, 0.1) is 11.4 Å². The van der Waals surface area contributed by atoms with Gasteiger partial charge in [0.2, 0.25) is 15.9 Å². The molecule has 0 saturated carbocycles. The Hall–Kier alpha value is -1.11. The van der Waals surface area contributed by atoms with E-state index in [1.165, 1.54) is 0 Å². The first-order chi connectivity index (χ1) is 10.3. The fraction of sp³-hybridized carbons (Fsp3) is 0.533. The molecule has 0 aliphatic carbocycles. The highest BCUT2D eigenvalue weighted by Crippen LogP contribution is 2.36. The van der Waals surface area contributed by atoms with E-state index in [1.54, 1.807) is 4.90 Å². The van der Waals surface area contributed by atoms with Gasteiger partial charge in [0.25, 0.3) is 0 Å². The lowest BCUT2D eigenvalue weighted by Crippen LogP contribution is -2.29. The molecule has 122 valence electrons. The largest absolute Gasteiger partial charge is 0.311 e. The maximum Gasteiger partial charge on any atom is 0.227 e. The Kier molecular flexibility index (Phi) is 5.14. The van der Waals surface area contributed by atoms with Crippen LogP contribution in [-0.2, 0) is 27.7 Å². The molecule has 1 aromatic rings. The molecule has 1 aliphatic heterocycles. The monoisotopic (exact) mass is 344 g/mol. The van der Waals surface area contributed by atoms with E-state index < -0.39 is 10.0 Å². The second kappa shape index (κ2) is 6.56. The first-order valence-corrected chi connectivity index (χ1v) is 9.47. The van der Waals surface area contributed by atoms with Gasteiger partial charge in [-0.1, -0.05) is 31.5 Å². The first-order valence-electron chi connectivity index (χ1n) is 7.37. The predicted molar refractivity (Wildman–Crippen MR) is 88.6 cm³/mol. The predicted octanol–water partition coefficient (Wildman–Crippen LogP) is 2.11. The average molecular weight is 345 g/mol. The van der Waals surface area contributed by atoms with E-state index >= 15 is 0 Å². The van der Waals surface area contributed by atoms with Gasteiger partial charge in [-0.25, -0.2) is 13.6 Å². The van der Waals surface area contributed by atoms with Crippen molar-refractivity contribution >= 4 is 33.2 Å². The van der Waals surface area contributed by atoms with Crippen LogP contribution in [0.2, 0.25) is 5.02 Å². The minimum Gasteiger partial charge on any atom is -0.311 e. The first kappa shape index (κ1) is 17.2. The summed E-state index contributed by atoms with van der Waals surface area (Å²) in [6, 6.07) is 3.78. The second-order valence-electron chi connectivity index (χ2n) is 5.64. The van der Waals surface area contributed by atoms with Gasteiger partial charge in [0.15, 0.2) is 0 Å². The molecular formula is C15H21ClN2O3S. The van der Waals surface area contributed by atoms with Crippen LogP contribution in [0.25, 0.3) is 0 Å². The number of carbonyl (C=O) groups excluding carboxylic acids is 1. The normalized spacial score (nSPS) is 19.0. The summed E-state index contributed by atoms with van der Waals surface area (Å²) in [6.45, 7) is 4.39. The van der Waals surface area contributed by atoms with Crippen molar-refractivity contribution in [2.24, 2.45) is 11.1 Å². The van der Waals surface area contributed by atoms with Gasteiger partial charge in [-0.3, -0.25) is 4.79 Å². The zero-order valence-electron chi connectivity index (χ0n) is 12.8. The van der Waals surface area contributed by atoms with Crippen LogP contribution in [0.3, 0.4) is 0 Å². The Morgan fingerprint density at radius 2 is 2.00 bits per heavy atom. The van der Waals surface area contributed by atoms with Gasteiger partial charge >= 0.3 is 0 Å². The van der Waals surface area contributed by atoms with Gasteiger partial charge in [-0.05, 0) is 30.0 Å². The standard InChI is InChI=1S/C15H21ClN2O3S/c1-3-11-5-6-13(16)12(4-2)15(11)18-8-10(7-14(18)19)9-22(17,20)21/h5-6,10H,3-4,7-9H2,1-2H3,(H2,17,20,21). The number of halogens is 1. The fourth-order valence-corrected chi connectivity index (χ4v) is 4.22. The molecule has 1 saturated heterocycles. The van der Waals surface area contributed by atoms with E-state index in [-0.39, 0.29) is 24.0 Å². The summed E-state index contributed by atoms with van der Waals surface area (Å²) in [7, 11) is -3.58. The molecule has 1 aliphatic rings. The highest BCUT2D eigenvalue weighted by Gasteiger charge is 2.34. The summed E-state index contributed by atoms with van der Waals surface area (Å²) in [5.74, 6) is -0.505. The van der Waals surface area contributed by atoms with Crippen molar-refractivity contribution in [1.29, 1.82) is 0 Å². The Morgan fingerprint density at radius 3 is 2.55 bits per heavy atom. The van der Waals surface area contributed by atoms with E-state index in [1.807, 2.05) is 26.0 Å². The molecule has 22 heavy (non-hydrogen) atoms. The summed E-state index contributed by atoms with van der Waals surface area (Å²) in [4.78, 5) is 14.0. The molecule has 5 nitrogen and oxygen atoms in total. The van der Waals surface area contributed by atoms with Gasteiger partial charge in [-0.15, -0.1) is 0 Å². The molecule has 0 aromatic heterocycles. The number of anilines is 1. The minimum atomic E-state index is -3.58. The second-order valence-corrected chi connectivity index (χ2v) is 7.71. The minimum absolute atomic E-state index is 0.0692. The average Bonchev–Trinajstić information content (AvgIpc) is 2.76. The van der Waals surface area contributed by atoms with E-state index in [2.05, 4.69) is 0 Å². The maximum absolute atomic E-state index is 12.4. The third-order valence-corrected chi connectivity index (χ3v) is 5.28. The molecule has 7 heteroatoms. The number of hydrogen-bond donors (Lipinski definition) is 1. The van der Waals surface area contributed by atoms with Crippen LogP contribution in [0.5, 0.6) is 0 Å². The molecule has 1 atom stereocenters. The lowest BCUT2D eigenvalue weighted by Gasteiger charge is -2.24. The van der Waals surface area contributed by atoms with Gasteiger partial charge in [0, 0.05) is 23.9 Å². The lowest BCUT2D eigenvalue weighted by atomic mass is 10.0. The summed E-state index contributed by atoms with van der Waals surface area (Å²) >= 11 is 6.27. The zero-order valence-corrected chi connectivity index (χ0v) is 14.4. The summed E-state index contributed by atoms with van der Waals surface area (Å²) in [5.41, 5.74) is 2.83. The summed E-state index contributed by atoms with van der Waals surface area (Å²) in [6.07, 6.45) is 1.70. The van der Waals surface area contributed by atoms with Crippen LogP contribution in [0, 0.1) is 5.92 Å². The maximum atomic E-state index is 12.4. The molecule has 1 heterocycles. The van der Waals surface area contributed by atoms with E-state index in [4.69, 9.17) is 16.7 Å². The molecule has 1 fully saturated rings. The lowest BCUT2D eigenvalue weighted by molar-refractivity contribution is -0.117. The Balaban J connectivity index is 2.40. The van der Waals surface area contributed by atoms with Crippen LogP contribution in [-0.4, -0.2) is 26.6 Å². The Labute approximate surface area is 136 Å². The molecular weight excluding hydrogens is 324 g/mol. The molecule has 1 aromatic carbocycles. The quantitative estimate of drug-likeness (QED) is 0.888. The molecule has 1 amide bonds. The van der Waals surface area contributed by atoms with Crippen molar-refractivity contribution in [2.75, 3.05) is 17.2 Å². The number of amides is 1. The summed E-state index contributed by atoms with van der Waals surface area (Å²) in [5, 5.41) is 5.74. The molecule has 0 radical (unpaired) electrons. The highest BCUT2D eigenvalue weighted by molar-refractivity contribution is 7.89. The topological polar surface area (TPSA) is 80.5 Å². The van der Waals surface area contributed by atoms with Crippen molar-refractivity contribution in [2.45, 2.75) is 33.1 Å². The third kappa shape index (κ3) is 3.62. The van der Waals surface area contributed by atoms with Crippen LogP contribution >= 0.6 is 11.6 Å². The number of aryl methyl sites for hydroxylation is 1. The number of primary sulfonamides is 1. The van der Waals surface area contributed by atoms with Crippen molar-refractivity contribution in [3.05, 3.63) is 28.3 Å². The van der Waals surface area contributed by atoms with E-state index in [9.17, 15) is 13.2 Å². The number of sulfonamides is 1. The van der Waals surface area contributed by atoms with Crippen LogP contribution in [0.4, 0.5) is 5.69 Å². The van der Waals surface area contributed by atoms with Crippen LogP contribution < -0.4 is 10.0 Å². The molecule has 0 spiro atoms. The molecule has 1 unspecified atom stereocenters. The van der Waals surface area contributed by atoms with Crippen LogP contribution in [0.15, 0.2) is 12.1 Å². The fourth-order valence-electron chi connectivity index (χ4n) is 3.06. The highest BCUT2D eigenvalue weighted by atomic mass is 35.5. The third-order valence-electron chi connectivity index (χ3n) is 3.99. The van der Waals surface area contributed by atoms with Gasteiger partial charge < -0.3 is 4.90 Å². The number of nitrogens with zero attached hydrogens (tertiary/aromatic N) is 1. The molecule has 2 N–H and O–H groups in total. The van der Waals surface area contributed by atoms with Gasteiger partial charge in [-0.2, -0.15) is 0 Å². The van der Waals surface area contributed by atoms with Crippen molar-refractivity contribution < 1.29 is 13.2 Å². The number of nitrogens with two attached hydrogens (primary N) is 1. The van der Waals surface area contributed by atoms with Crippen LogP contribution in [0.1, 0.15) is 31.4 Å². The number of rotatable bonds is 5. The van der Waals surface area contributed by atoms with Crippen molar-refractivity contribution in [1.82, 2.24) is 0 Å². The number of benzene rings is 1.